The topological polar surface area (TPSA) is 0 Å². The van der Waals surface area contributed by atoms with Crippen LogP contribution in [0.3, 0.4) is 0 Å². The Kier molecular flexibility index (Phi) is 5.03. The van der Waals surface area contributed by atoms with Gasteiger partial charge in [0.15, 0.2) is 0 Å². The molecule has 0 heterocycles. The highest BCUT2D eigenvalue weighted by Gasteiger charge is 2.32. The number of hydrogen-bond donors (Lipinski definition) is 0. The van der Waals surface area contributed by atoms with Gasteiger partial charge in [-0.25, -0.2) is 0 Å². The van der Waals surface area contributed by atoms with Crippen molar-refractivity contribution in [2.24, 2.45) is 5.92 Å². The third-order valence-electron chi connectivity index (χ3n) is 4.84. The van der Waals surface area contributed by atoms with E-state index < -0.39 is 0 Å². The summed E-state index contributed by atoms with van der Waals surface area (Å²) in [5, 5.41) is 0.537. The maximum atomic E-state index is 2.53. The molecule has 104 valence electrons. The quantitative estimate of drug-likeness (QED) is 0.599. The summed E-state index contributed by atoms with van der Waals surface area (Å²) >= 11 is 0. The van der Waals surface area contributed by atoms with Gasteiger partial charge in [-0.15, -0.1) is 0 Å². The lowest BCUT2D eigenvalue weighted by molar-refractivity contribution is 0.588. The van der Waals surface area contributed by atoms with Crippen LogP contribution >= 0.6 is 0 Å². The Morgan fingerprint density at radius 3 is 2.79 bits per heavy atom. The lowest BCUT2D eigenvalue weighted by Gasteiger charge is -2.34. The van der Waals surface area contributed by atoms with Crippen molar-refractivity contribution in [2.75, 3.05) is 0 Å². The van der Waals surface area contributed by atoms with Gasteiger partial charge in [-0.1, -0.05) is 75.3 Å². The molecule has 0 saturated heterocycles. The number of hydrogen-bond acceptors (Lipinski definition) is 0. The van der Waals surface area contributed by atoms with Crippen LogP contribution in [0.2, 0.25) is 10.6 Å². The summed E-state index contributed by atoms with van der Waals surface area (Å²) in [5.74, 6) is 0.759. The molecule has 0 saturated carbocycles. The minimum Gasteiger partial charge on any atom is -0.0840 e. The van der Waals surface area contributed by atoms with Gasteiger partial charge in [-0.2, -0.15) is 0 Å². The van der Waals surface area contributed by atoms with Gasteiger partial charge in [0.1, 0.15) is 0 Å². The monoisotopic (exact) mass is 272 g/mol. The van der Waals surface area contributed by atoms with Crippen molar-refractivity contribution >= 4 is 9.52 Å². The zero-order valence-corrected chi connectivity index (χ0v) is 14.1. The average Bonchev–Trinajstić information content (AvgIpc) is 2.87. The Hall–Kier alpha value is -0.823. The van der Waals surface area contributed by atoms with Gasteiger partial charge in [0.05, 0.1) is 0 Å². The van der Waals surface area contributed by atoms with E-state index in [2.05, 4.69) is 63.3 Å². The zero-order valence-electron chi connectivity index (χ0n) is 12.7. The van der Waals surface area contributed by atoms with Gasteiger partial charge < -0.3 is 0 Å². The Balaban J connectivity index is 2.10. The number of rotatable bonds is 6. The molecule has 0 aromatic carbocycles. The molecule has 0 N–H and O–H groups in total. The molecule has 1 heteroatoms. The third kappa shape index (κ3) is 3.39. The van der Waals surface area contributed by atoms with Crippen LogP contribution in [0.5, 0.6) is 0 Å². The lowest BCUT2D eigenvalue weighted by Crippen LogP contribution is -2.24. The molecule has 0 radical (unpaired) electrons. The highest BCUT2D eigenvalue weighted by Crippen LogP contribution is 2.46. The summed E-state index contributed by atoms with van der Waals surface area (Å²) in [4.78, 5) is 0. The standard InChI is InChI=1S/C18H28Si/c1-4-12-18(13-7-6-8-14-18)19-17-11-9-10-16(17)15(3)5-2/h6-11,13,15,17H,4-5,12,14,19H2,1-3H3. The number of allylic oxidation sites excluding steroid dienone is 8. The van der Waals surface area contributed by atoms with Crippen molar-refractivity contribution < 1.29 is 0 Å². The molecule has 19 heavy (non-hydrogen) atoms. The van der Waals surface area contributed by atoms with Gasteiger partial charge in [0, 0.05) is 9.52 Å². The van der Waals surface area contributed by atoms with Crippen LogP contribution < -0.4 is 0 Å². The van der Waals surface area contributed by atoms with Crippen molar-refractivity contribution in [2.45, 2.75) is 57.0 Å². The van der Waals surface area contributed by atoms with E-state index in [9.17, 15) is 0 Å². The second-order valence-electron chi connectivity index (χ2n) is 6.28. The molecule has 0 spiro atoms. The molecule has 0 amide bonds. The van der Waals surface area contributed by atoms with Gasteiger partial charge in [-0.05, 0) is 35.8 Å². The van der Waals surface area contributed by atoms with Gasteiger partial charge in [0.25, 0.3) is 0 Å². The van der Waals surface area contributed by atoms with E-state index in [1.54, 1.807) is 5.57 Å². The smallest absolute Gasteiger partial charge is 0.0451 e. The first-order valence-electron chi connectivity index (χ1n) is 7.93. The maximum absolute atomic E-state index is 2.53. The lowest BCUT2D eigenvalue weighted by atomic mass is 9.94. The van der Waals surface area contributed by atoms with E-state index in [1.807, 2.05) is 0 Å². The molecule has 2 rings (SSSR count). The normalized spacial score (nSPS) is 31.3. The van der Waals surface area contributed by atoms with Gasteiger partial charge in [-0.3, -0.25) is 0 Å². The summed E-state index contributed by atoms with van der Waals surface area (Å²) < 4.78 is 0. The Bertz CT molecular complexity index is 413. The minimum absolute atomic E-state index is 0.169. The Morgan fingerprint density at radius 2 is 2.16 bits per heavy atom. The Labute approximate surface area is 121 Å². The molecule has 0 aromatic rings. The molecule has 0 aromatic heterocycles. The molecule has 3 atom stereocenters. The highest BCUT2D eigenvalue weighted by molar-refractivity contribution is 6.45. The van der Waals surface area contributed by atoms with E-state index in [4.69, 9.17) is 0 Å². The van der Waals surface area contributed by atoms with Crippen LogP contribution in [-0.2, 0) is 0 Å². The van der Waals surface area contributed by atoms with Gasteiger partial charge >= 0.3 is 0 Å². The van der Waals surface area contributed by atoms with E-state index in [0.717, 1.165) is 11.5 Å². The van der Waals surface area contributed by atoms with Crippen LogP contribution in [0.15, 0.2) is 48.1 Å². The molecule has 0 fully saturated rings. The van der Waals surface area contributed by atoms with Crippen molar-refractivity contribution in [3.05, 3.63) is 48.1 Å². The predicted molar refractivity (Wildman–Crippen MR) is 89.5 cm³/mol. The summed E-state index contributed by atoms with van der Waals surface area (Å²) in [6.07, 6.45) is 21.8. The first kappa shape index (κ1) is 14.6. The van der Waals surface area contributed by atoms with E-state index in [0.29, 0.717) is 5.04 Å². The average molecular weight is 273 g/mol. The summed E-state index contributed by atoms with van der Waals surface area (Å²) in [6, 6.07) is 0. The molecule has 0 aliphatic heterocycles. The third-order valence-corrected chi connectivity index (χ3v) is 7.71. The van der Waals surface area contributed by atoms with Crippen molar-refractivity contribution in [3.63, 3.8) is 0 Å². The first-order chi connectivity index (χ1) is 9.21. The summed E-state index contributed by atoms with van der Waals surface area (Å²) in [7, 11) is -0.169. The van der Waals surface area contributed by atoms with Crippen molar-refractivity contribution in [1.29, 1.82) is 0 Å². The minimum atomic E-state index is -0.169. The maximum Gasteiger partial charge on any atom is 0.0451 e. The van der Waals surface area contributed by atoms with E-state index in [-0.39, 0.29) is 9.52 Å². The predicted octanol–water partition coefficient (Wildman–Crippen LogP) is 4.96. The van der Waals surface area contributed by atoms with Crippen LogP contribution in [0.1, 0.15) is 46.5 Å². The SMILES string of the molecule is CCCC1([SiH2]C2C=CC=C2C(C)CC)C=CC=CC1. The first-order valence-corrected chi connectivity index (χ1v) is 9.46. The van der Waals surface area contributed by atoms with Crippen LogP contribution in [0.4, 0.5) is 0 Å². The second-order valence-corrected chi connectivity index (χ2v) is 8.97. The highest BCUT2D eigenvalue weighted by atomic mass is 28.2. The molecule has 3 unspecified atom stereocenters. The molecule has 2 aliphatic carbocycles. The fourth-order valence-electron chi connectivity index (χ4n) is 3.57. The molecule has 0 bridgehead atoms. The van der Waals surface area contributed by atoms with Crippen LogP contribution in [-0.4, -0.2) is 9.52 Å². The summed E-state index contributed by atoms with van der Waals surface area (Å²) in [6.45, 7) is 7.04. The molecular weight excluding hydrogens is 244 g/mol. The largest absolute Gasteiger partial charge is 0.0840 e. The fraction of sp³-hybridized carbons (Fsp3) is 0.556. The van der Waals surface area contributed by atoms with Crippen molar-refractivity contribution in [1.82, 2.24) is 0 Å². The fourth-order valence-corrected chi connectivity index (χ4v) is 6.68. The van der Waals surface area contributed by atoms with Crippen LogP contribution in [0.25, 0.3) is 0 Å². The Morgan fingerprint density at radius 1 is 1.32 bits per heavy atom. The van der Waals surface area contributed by atoms with Gasteiger partial charge in [0.2, 0.25) is 0 Å². The molecule has 0 nitrogen and oxygen atoms in total. The van der Waals surface area contributed by atoms with E-state index >= 15 is 0 Å². The zero-order chi connectivity index (χ0) is 13.7. The molecular formula is C18H28Si. The van der Waals surface area contributed by atoms with Crippen molar-refractivity contribution in [3.8, 4) is 0 Å². The summed E-state index contributed by atoms with van der Waals surface area (Å²) in [5.41, 5.74) is 2.52. The van der Waals surface area contributed by atoms with Crippen LogP contribution in [0, 0.1) is 5.92 Å². The molecule has 2 aliphatic rings. The second kappa shape index (κ2) is 6.56. The van der Waals surface area contributed by atoms with E-state index in [1.165, 1.54) is 25.7 Å².